The van der Waals surface area contributed by atoms with Gasteiger partial charge >= 0.3 is 5.97 Å². The van der Waals surface area contributed by atoms with Gasteiger partial charge in [0.1, 0.15) is 6.04 Å². The minimum absolute atomic E-state index is 0.449. The van der Waals surface area contributed by atoms with Crippen molar-refractivity contribution in [2.45, 2.75) is 44.7 Å². The number of carbonyl (C=O) groups is 1. The first-order valence-corrected chi connectivity index (χ1v) is 5.71. The van der Waals surface area contributed by atoms with Gasteiger partial charge in [0.05, 0.1) is 0 Å². The van der Waals surface area contributed by atoms with Crippen LogP contribution >= 0.6 is 0 Å². The van der Waals surface area contributed by atoms with Crippen molar-refractivity contribution in [1.82, 2.24) is 4.90 Å². The predicted molar refractivity (Wildman–Crippen MR) is 59.7 cm³/mol. The van der Waals surface area contributed by atoms with E-state index in [9.17, 15) is 4.79 Å². The molecular formula is C11H22N2O2. The number of hydrogen-bond donors (Lipinski definition) is 2. The van der Waals surface area contributed by atoms with Gasteiger partial charge in [-0.2, -0.15) is 0 Å². The summed E-state index contributed by atoms with van der Waals surface area (Å²) in [5.74, 6) is -0.255. The summed E-state index contributed by atoms with van der Waals surface area (Å²) in [7, 11) is 1.98. The Hall–Kier alpha value is -0.610. The molecule has 3 unspecified atom stereocenters. The van der Waals surface area contributed by atoms with Crippen molar-refractivity contribution in [3.05, 3.63) is 0 Å². The zero-order chi connectivity index (χ0) is 11.4. The topological polar surface area (TPSA) is 66.6 Å². The molecule has 0 radical (unpaired) electrons. The second kappa shape index (κ2) is 5.47. The van der Waals surface area contributed by atoms with Crippen LogP contribution in [0, 0.1) is 5.92 Å². The molecule has 0 saturated heterocycles. The smallest absolute Gasteiger partial charge is 0.321 e. The highest BCUT2D eigenvalue weighted by molar-refractivity contribution is 5.73. The molecule has 1 aliphatic carbocycles. The first kappa shape index (κ1) is 12.5. The summed E-state index contributed by atoms with van der Waals surface area (Å²) in [5, 5.41) is 8.74. The molecule has 88 valence electrons. The summed E-state index contributed by atoms with van der Waals surface area (Å²) < 4.78 is 0. The van der Waals surface area contributed by atoms with E-state index in [1.54, 1.807) is 0 Å². The highest BCUT2D eigenvalue weighted by Crippen LogP contribution is 2.27. The molecule has 1 fully saturated rings. The molecule has 1 aliphatic rings. The van der Waals surface area contributed by atoms with Crippen molar-refractivity contribution >= 4 is 5.97 Å². The molecule has 4 heteroatoms. The third kappa shape index (κ3) is 3.47. The lowest BCUT2D eigenvalue weighted by atomic mass is 9.85. The lowest BCUT2D eigenvalue weighted by Gasteiger charge is -2.36. The number of carboxylic acid groups (broad SMARTS) is 1. The Morgan fingerprint density at radius 3 is 2.67 bits per heavy atom. The highest BCUT2D eigenvalue weighted by Gasteiger charge is 2.26. The molecule has 1 saturated carbocycles. The summed E-state index contributed by atoms with van der Waals surface area (Å²) in [5.41, 5.74) is 5.53. The molecule has 3 N–H and O–H groups in total. The molecule has 0 aromatic carbocycles. The lowest BCUT2D eigenvalue weighted by molar-refractivity contribution is -0.139. The van der Waals surface area contributed by atoms with Crippen LogP contribution in [0.1, 0.15) is 32.6 Å². The number of likely N-dealkylation sites (N-methyl/N-ethyl adjacent to an activating group) is 1. The van der Waals surface area contributed by atoms with E-state index in [-0.39, 0.29) is 0 Å². The maximum Gasteiger partial charge on any atom is 0.321 e. The van der Waals surface area contributed by atoms with Crippen molar-refractivity contribution in [3.63, 3.8) is 0 Å². The van der Waals surface area contributed by atoms with Gasteiger partial charge in [0.15, 0.2) is 0 Å². The van der Waals surface area contributed by atoms with E-state index >= 15 is 0 Å². The number of rotatable bonds is 4. The fourth-order valence-electron chi connectivity index (χ4n) is 2.48. The molecule has 0 aromatic heterocycles. The molecular weight excluding hydrogens is 192 g/mol. The van der Waals surface area contributed by atoms with Crippen molar-refractivity contribution in [2.75, 3.05) is 13.6 Å². The second-order valence-electron chi connectivity index (χ2n) is 4.71. The number of nitrogens with zero attached hydrogens (tertiary/aromatic N) is 1. The first-order valence-electron chi connectivity index (χ1n) is 5.71. The first-order chi connectivity index (χ1) is 7.02. The molecule has 0 bridgehead atoms. The lowest BCUT2D eigenvalue weighted by Crippen LogP contribution is -2.47. The van der Waals surface area contributed by atoms with Gasteiger partial charge < -0.3 is 15.7 Å². The van der Waals surface area contributed by atoms with Crippen LogP contribution in [0.25, 0.3) is 0 Å². The van der Waals surface area contributed by atoms with E-state index in [2.05, 4.69) is 11.8 Å². The minimum atomic E-state index is -0.912. The van der Waals surface area contributed by atoms with Crippen LogP contribution in [0.15, 0.2) is 0 Å². The third-order valence-electron chi connectivity index (χ3n) is 3.43. The molecule has 0 aromatic rings. The maximum atomic E-state index is 10.6. The van der Waals surface area contributed by atoms with E-state index in [4.69, 9.17) is 10.8 Å². The van der Waals surface area contributed by atoms with Gasteiger partial charge in [0.25, 0.3) is 0 Å². The Kier molecular flexibility index (Phi) is 4.54. The van der Waals surface area contributed by atoms with Gasteiger partial charge in [0, 0.05) is 12.6 Å². The zero-order valence-electron chi connectivity index (χ0n) is 9.65. The monoisotopic (exact) mass is 214 g/mol. The van der Waals surface area contributed by atoms with E-state index in [0.29, 0.717) is 18.5 Å². The van der Waals surface area contributed by atoms with Gasteiger partial charge in [-0.05, 0) is 25.8 Å². The van der Waals surface area contributed by atoms with Crippen molar-refractivity contribution in [3.8, 4) is 0 Å². The molecule has 0 spiro atoms. The van der Waals surface area contributed by atoms with Gasteiger partial charge in [-0.15, -0.1) is 0 Å². The second-order valence-corrected chi connectivity index (χ2v) is 4.71. The fourth-order valence-corrected chi connectivity index (χ4v) is 2.48. The van der Waals surface area contributed by atoms with E-state index in [0.717, 1.165) is 0 Å². The Morgan fingerprint density at radius 1 is 1.53 bits per heavy atom. The zero-order valence-corrected chi connectivity index (χ0v) is 9.65. The van der Waals surface area contributed by atoms with Crippen LogP contribution in [0.2, 0.25) is 0 Å². The summed E-state index contributed by atoms with van der Waals surface area (Å²) in [6.07, 6.45) is 4.97. The number of aliphatic carboxylic acids is 1. The Bertz CT molecular complexity index is 221. The van der Waals surface area contributed by atoms with E-state index < -0.39 is 12.0 Å². The standard InChI is InChI=1S/C11H22N2O2/c1-8-5-3-4-6-10(8)13(2)7-9(12)11(14)15/h8-10H,3-7,12H2,1-2H3,(H,14,15). The third-order valence-corrected chi connectivity index (χ3v) is 3.43. The van der Waals surface area contributed by atoms with Crippen molar-refractivity contribution in [2.24, 2.45) is 11.7 Å². The van der Waals surface area contributed by atoms with Gasteiger partial charge in [-0.25, -0.2) is 0 Å². The number of hydrogen-bond acceptors (Lipinski definition) is 3. The van der Waals surface area contributed by atoms with Crippen LogP contribution in [0.3, 0.4) is 0 Å². The quantitative estimate of drug-likeness (QED) is 0.730. The van der Waals surface area contributed by atoms with Gasteiger partial charge in [-0.1, -0.05) is 19.8 Å². The molecule has 3 atom stereocenters. The average molecular weight is 214 g/mol. The van der Waals surface area contributed by atoms with Gasteiger partial charge in [0.2, 0.25) is 0 Å². The fraction of sp³-hybridized carbons (Fsp3) is 0.909. The summed E-state index contributed by atoms with van der Waals surface area (Å²) in [6.45, 7) is 2.69. The minimum Gasteiger partial charge on any atom is -0.480 e. The summed E-state index contributed by atoms with van der Waals surface area (Å²) >= 11 is 0. The molecule has 0 aliphatic heterocycles. The van der Waals surface area contributed by atoms with Crippen LogP contribution in [-0.2, 0) is 4.79 Å². The SMILES string of the molecule is CC1CCCCC1N(C)CC(N)C(=O)O. The number of carboxylic acids is 1. The Balaban J connectivity index is 2.44. The number of nitrogens with two attached hydrogens (primary N) is 1. The van der Waals surface area contributed by atoms with Gasteiger partial charge in [-0.3, -0.25) is 4.79 Å². The summed E-state index contributed by atoms with van der Waals surface area (Å²) in [4.78, 5) is 12.8. The summed E-state index contributed by atoms with van der Waals surface area (Å²) in [6, 6.07) is -0.256. The predicted octanol–water partition coefficient (Wildman–Crippen LogP) is 0.909. The molecule has 0 amide bonds. The Labute approximate surface area is 91.4 Å². The van der Waals surface area contributed by atoms with E-state index in [1.165, 1.54) is 25.7 Å². The highest BCUT2D eigenvalue weighted by atomic mass is 16.4. The largest absolute Gasteiger partial charge is 0.480 e. The Morgan fingerprint density at radius 2 is 2.13 bits per heavy atom. The molecule has 1 rings (SSSR count). The van der Waals surface area contributed by atoms with Crippen LogP contribution in [-0.4, -0.2) is 41.7 Å². The molecule has 15 heavy (non-hydrogen) atoms. The molecule has 4 nitrogen and oxygen atoms in total. The van der Waals surface area contributed by atoms with E-state index in [1.807, 2.05) is 7.05 Å². The molecule has 0 heterocycles. The van der Waals surface area contributed by atoms with Crippen molar-refractivity contribution < 1.29 is 9.90 Å². The average Bonchev–Trinajstić information content (AvgIpc) is 2.18. The van der Waals surface area contributed by atoms with Crippen LogP contribution < -0.4 is 5.73 Å². The van der Waals surface area contributed by atoms with Crippen molar-refractivity contribution in [1.29, 1.82) is 0 Å². The van der Waals surface area contributed by atoms with Crippen LogP contribution in [0.4, 0.5) is 0 Å². The normalized spacial score (nSPS) is 29.1. The van der Waals surface area contributed by atoms with Crippen LogP contribution in [0.5, 0.6) is 0 Å². The maximum absolute atomic E-state index is 10.6.